The second-order valence-corrected chi connectivity index (χ2v) is 4.80. The number of hydrogen-bond acceptors (Lipinski definition) is 6. The number of nitro groups is 1. The highest BCUT2D eigenvalue weighted by molar-refractivity contribution is 5.59. The molecular formula is C13H17FN2O5. The molecule has 0 spiro atoms. The van der Waals surface area contributed by atoms with Gasteiger partial charge in [0.25, 0.3) is 0 Å². The first kappa shape index (κ1) is 15.5. The minimum absolute atomic E-state index is 0.00182. The molecule has 0 amide bonds. The number of ether oxygens (including phenoxy) is 3. The van der Waals surface area contributed by atoms with E-state index in [-0.39, 0.29) is 11.4 Å². The molecule has 21 heavy (non-hydrogen) atoms. The normalized spacial score (nSPS) is 21.3. The lowest BCUT2D eigenvalue weighted by Gasteiger charge is -2.26. The summed E-state index contributed by atoms with van der Waals surface area (Å²) in [7, 11) is 2.87. The number of nitrogens with zero attached hydrogens (tertiary/aromatic N) is 1. The summed E-state index contributed by atoms with van der Waals surface area (Å²) in [5.74, 6) is -0.717. The standard InChI is InChI=1S/C13H17FN2O5/c1-19-12-6-10(9(14)5-11(12)16(17)18)15-7-13(20-2)3-4-21-8-13/h5-6,15H,3-4,7-8H2,1-2H3. The highest BCUT2D eigenvalue weighted by Crippen LogP contribution is 2.33. The second-order valence-electron chi connectivity index (χ2n) is 4.80. The maximum Gasteiger partial charge on any atom is 0.313 e. The zero-order valence-corrected chi connectivity index (χ0v) is 11.8. The first-order valence-corrected chi connectivity index (χ1v) is 6.40. The topological polar surface area (TPSA) is 82.9 Å². The molecule has 1 saturated heterocycles. The van der Waals surface area contributed by atoms with Gasteiger partial charge in [0.1, 0.15) is 5.60 Å². The number of rotatable bonds is 6. The van der Waals surface area contributed by atoms with Crippen molar-refractivity contribution in [3.63, 3.8) is 0 Å². The number of methoxy groups -OCH3 is 2. The van der Waals surface area contributed by atoms with Gasteiger partial charge in [-0.05, 0) is 0 Å². The molecule has 1 aromatic carbocycles. The van der Waals surface area contributed by atoms with E-state index in [0.29, 0.717) is 26.2 Å². The van der Waals surface area contributed by atoms with Gasteiger partial charge in [0.2, 0.25) is 0 Å². The van der Waals surface area contributed by atoms with Gasteiger partial charge >= 0.3 is 5.69 Å². The molecule has 0 aliphatic carbocycles. The van der Waals surface area contributed by atoms with Crippen molar-refractivity contribution >= 4 is 11.4 Å². The Balaban J connectivity index is 2.18. The second kappa shape index (κ2) is 6.23. The Kier molecular flexibility index (Phi) is 4.59. The molecule has 1 N–H and O–H groups in total. The Morgan fingerprint density at radius 3 is 2.81 bits per heavy atom. The van der Waals surface area contributed by atoms with Crippen molar-refractivity contribution in [2.24, 2.45) is 0 Å². The zero-order chi connectivity index (χ0) is 15.5. The molecule has 8 heteroatoms. The lowest BCUT2D eigenvalue weighted by molar-refractivity contribution is -0.385. The average molecular weight is 300 g/mol. The summed E-state index contributed by atoms with van der Waals surface area (Å²) in [6.45, 7) is 1.34. The summed E-state index contributed by atoms with van der Waals surface area (Å²) < 4.78 is 29.6. The van der Waals surface area contributed by atoms with Crippen molar-refractivity contribution in [3.05, 3.63) is 28.1 Å². The van der Waals surface area contributed by atoms with Crippen LogP contribution in [-0.4, -0.2) is 44.5 Å². The van der Waals surface area contributed by atoms with Crippen molar-refractivity contribution in [1.82, 2.24) is 0 Å². The van der Waals surface area contributed by atoms with Gasteiger partial charge in [-0.15, -0.1) is 0 Å². The van der Waals surface area contributed by atoms with Crippen molar-refractivity contribution in [1.29, 1.82) is 0 Å². The quantitative estimate of drug-likeness (QED) is 0.639. The van der Waals surface area contributed by atoms with E-state index >= 15 is 0 Å². The van der Waals surface area contributed by atoms with Gasteiger partial charge in [-0.3, -0.25) is 10.1 Å². The largest absolute Gasteiger partial charge is 0.490 e. The van der Waals surface area contributed by atoms with E-state index in [1.165, 1.54) is 13.2 Å². The van der Waals surface area contributed by atoms with Gasteiger partial charge in [-0.1, -0.05) is 0 Å². The fraction of sp³-hybridized carbons (Fsp3) is 0.538. The summed E-state index contributed by atoms with van der Waals surface area (Å²) in [4.78, 5) is 10.1. The van der Waals surface area contributed by atoms with Gasteiger partial charge in [0.05, 0.1) is 30.4 Å². The maximum absolute atomic E-state index is 13.9. The fourth-order valence-corrected chi connectivity index (χ4v) is 2.20. The van der Waals surface area contributed by atoms with Crippen LogP contribution in [0.1, 0.15) is 6.42 Å². The molecular weight excluding hydrogens is 283 g/mol. The van der Waals surface area contributed by atoms with Crippen molar-refractivity contribution < 1.29 is 23.5 Å². The van der Waals surface area contributed by atoms with E-state index in [0.717, 1.165) is 6.07 Å². The first-order chi connectivity index (χ1) is 10.0. The predicted molar refractivity (Wildman–Crippen MR) is 73.3 cm³/mol. The predicted octanol–water partition coefficient (Wildman–Crippen LogP) is 1.96. The number of anilines is 1. The number of benzene rings is 1. The molecule has 1 atom stereocenters. The molecule has 0 saturated carbocycles. The van der Waals surface area contributed by atoms with Crippen LogP contribution in [0.3, 0.4) is 0 Å². The minimum atomic E-state index is -0.715. The van der Waals surface area contributed by atoms with Gasteiger partial charge < -0.3 is 19.5 Å². The van der Waals surface area contributed by atoms with Gasteiger partial charge in [0.15, 0.2) is 11.6 Å². The third-order valence-electron chi connectivity index (χ3n) is 3.57. The van der Waals surface area contributed by atoms with Crippen LogP contribution >= 0.6 is 0 Å². The lowest BCUT2D eigenvalue weighted by Crippen LogP contribution is -2.39. The molecule has 1 heterocycles. The highest BCUT2D eigenvalue weighted by Gasteiger charge is 2.35. The summed E-state index contributed by atoms with van der Waals surface area (Å²) in [5, 5.41) is 13.7. The van der Waals surface area contributed by atoms with E-state index in [2.05, 4.69) is 5.32 Å². The van der Waals surface area contributed by atoms with Crippen LogP contribution in [0.4, 0.5) is 15.8 Å². The third-order valence-corrected chi connectivity index (χ3v) is 3.57. The first-order valence-electron chi connectivity index (χ1n) is 6.40. The van der Waals surface area contributed by atoms with Crippen LogP contribution in [-0.2, 0) is 9.47 Å². The Labute approximate surface area is 121 Å². The van der Waals surface area contributed by atoms with Crippen LogP contribution < -0.4 is 10.1 Å². The third kappa shape index (κ3) is 3.22. The van der Waals surface area contributed by atoms with Crippen LogP contribution in [0.25, 0.3) is 0 Å². The Morgan fingerprint density at radius 1 is 1.52 bits per heavy atom. The van der Waals surface area contributed by atoms with E-state index < -0.39 is 22.0 Å². The SMILES string of the molecule is COc1cc(NCC2(OC)CCOC2)c(F)cc1[N+](=O)[O-]. The van der Waals surface area contributed by atoms with Crippen molar-refractivity contribution in [2.45, 2.75) is 12.0 Å². The number of hydrogen-bond donors (Lipinski definition) is 1. The maximum atomic E-state index is 13.9. The molecule has 1 aliphatic rings. The van der Waals surface area contributed by atoms with E-state index in [1.807, 2.05) is 0 Å². The summed E-state index contributed by atoms with van der Waals surface area (Å²) in [6.07, 6.45) is 0.697. The van der Waals surface area contributed by atoms with E-state index in [9.17, 15) is 14.5 Å². The Morgan fingerprint density at radius 2 is 2.29 bits per heavy atom. The van der Waals surface area contributed by atoms with E-state index in [1.54, 1.807) is 7.11 Å². The van der Waals surface area contributed by atoms with E-state index in [4.69, 9.17) is 14.2 Å². The van der Waals surface area contributed by atoms with Gasteiger partial charge in [-0.25, -0.2) is 4.39 Å². The summed E-state index contributed by atoms with van der Waals surface area (Å²) >= 11 is 0. The average Bonchev–Trinajstić information content (AvgIpc) is 2.95. The highest BCUT2D eigenvalue weighted by atomic mass is 19.1. The molecule has 0 bridgehead atoms. The number of nitrogens with one attached hydrogen (secondary N) is 1. The smallest absolute Gasteiger partial charge is 0.313 e. The Bertz CT molecular complexity index is 532. The molecule has 1 unspecified atom stereocenters. The zero-order valence-electron chi connectivity index (χ0n) is 11.8. The molecule has 0 radical (unpaired) electrons. The minimum Gasteiger partial charge on any atom is -0.490 e. The van der Waals surface area contributed by atoms with Crippen LogP contribution in [0.15, 0.2) is 12.1 Å². The summed E-state index contributed by atoms with van der Waals surface area (Å²) in [6, 6.07) is 2.11. The molecule has 1 fully saturated rings. The number of nitro benzene ring substituents is 1. The molecule has 116 valence electrons. The monoisotopic (exact) mass is 300 g/mol. The molecule has 2 rings (SSSR count). The van der Waals surface area contributed by atoms with Crippen LogP contribution in [0.2, 0.25) is 0 Å². The van der Waals surface area contributed by atoms with Gasteiger partial charge in [0, 0.05) is 32.7 Å². The molecule has 1 aliphatic heterocycles. The lowest BCUT2D eigenvalue weighted by atomic mass is 10.0. The fourth-order valence-electron chi connectivity index (χ4n) is 2.20. The molecule has 1 aromatic rings. The van der Waals surface area contributed by atoms with Crippen molar-refractivity contribution in [2.75, 3.05) is 39.3 Å². The Hall–Kier alpha value is -1.93. The molecule has 0 aromatic heterocycles. The summed E-state index contributed by atoms with van der Waals surface area (Å²) in [5.41, 5.74) is -0.798. The van der Waals surface area contributed by atoms with Crippen LogP contribution in [0.5, 0.6) is 5.75 Å². The van der Waals surface area contributed by atoms with Gasteiger partial charge in [-0.2, -0.15) is 0 Å². The van der Waals surface area contributed by atoms with Crippen molar-refractivity contribution in [3.8, 4) is 5.75 Å². The van der Waals surface area contributed by atoms with Crippen LogP contribution in [0, 0.1) is 15.9 Å². The molecule has 7 nitrogen and oxygen atoms in total. The number of halogens is 1.